The second-order valence-corrected chi connectivity index (χ2v) is 6.68. The topological polar surface area (TPSA) is 70.6 Å². The second-order valence-electron chi connectivity index (χ2n) is 5.76. The Hall–Kier alpha value is -2.15. The summed E-state index contributed by atoms with van der Waals surface area (Å²) in [4.78, 5) is 12.3. The first kappa shape index (κ1) is 20.2. The number of hydrogen-bond donors (Lipinski definition) is 3. The molecule has 0 fully saturated rings. The maximum Gasteiger partial charge on any atom is 0.325 e. The van der Waals surface area contributed by atoms with Crippen LogP contribution < -0.4 is 10.9 Å². The van der Waals surface area contributed by atoms with Crippen molar-refractivity contribution in [2.75, 3.05) is 12.0 Å². The van der Waals surface area contributed by atoms with Crippen LogP contribution in [-0.2, 0) is 9.53 Å². The van der Waals surface area contributed by atoms with Gasteiger partial charge in [-0.3, -0.25) is 4.79 Å². The quantitative estimate of drug-likeness (QED) is 0.326. The minimum Gasteiger partial charge on any atom is -0.465 e. The Morgan fingerprint density at radius 3 is 2.62 bits per heavy atom. The van der Waals surface area contributed by atoms with Crippen LogP contribution in [0.25, 0.3) is 0 Å². The fourth-order valence-corrected chi connectivity index (χ4v) is 2.83. The number of ether oxygens (including phenoxy) is 1. The molecule has 138 valence electrons. The Balaban J connectivity index is 2.04. The van der Waals surface area contributed by atoms with Crippen molar-refractivity contribution in [3.63, 3.8) is 0 Å². The molecule has 0 saturated carbocycles. The molecule has 0 heterocycles. The molecule has 2 aromatic rings. The van der Waals surface area contributed by atoms with Gasteiger partial charge in [0.2, 0.25) is 0 Å². The van der Waals surface area contributed by atoms with E-state index in [2.05, 4.69) is 33.4 Å². The average molecular weight is 419 g/mol. The van der Waals surface area contributed by atoms with Gasteiger partial charge in [0.15, 0.2) is 0 Å². The highest BCUT2D eigenvalue weighted by Gasteiger charge is 2.23. The van der Waals surface area contributed by atoms with Crippen LogP contribution in [0.15, 0.2) is 71.2 Å². The molecule has 0 radical (unpaired) electrons. The Morgan fingerprint density at radius 1 is 1.23 bits per heavy atom. The van der Waals surface area contributed by atoms with Crippen LogP contribution in [0.5, 0.6) is 0 Å². The van der Waals surface area contributed by atoms with E-state index in [9.17, 15) is 9.90 Å². The second kappa shape index (κ2) is 10.1. The van der Waals surface area contributed by atoms with Crippen molar-refractivity contribution in [3.8, 4) is 0 Å². The summed E-state index contributed by atoms with van der Waals surface area (Å²) in [6.07, 6.45) is -0.644. The third-order valence-electron chi connectivity index (χ3n) is 3.75. The van der Waals surface area contributed by atoms with Gasteiger partial charge in [0, 0.05) is 10.2 Å². The number of benzene rings is 2. The summed E-state index contributed by atoms with van der Waals surface area (Å²) in [5.41, 5.74) is 8.01. The van der Waals surface area contributed by atoms with E-state index in [-0.39, 0.29) is 13.0 Å². The first-order valence-corrected chi connectivity index (χ1v) is 9.15. The number of hydrazine groups is 1. The number of rotatable bonds is 9. The molecule has 3 N–H and O–H groups in total. The lowest BCUT2D eigenvalue weighted by molar-refractivity contribution is -0.145. The zero-order valence-corrected chi connectivity index (χ0v) is 16.2. The fraction of sp³-hybridized carbons (Fsp3) is 0.250. The molecule has 6 heteroatoms. The SMILES string of the molecule is C=C(CC(NNc1ccccc1)C(=O)OCC)C(O)c1cccc(Br)c1. The third kappa shape index (κ3) is 5.98. The summed E-state index contributed by atoms with van der Waals surface area (Å²) in [6.45, 7) is 5.99. The minimum atomic E-state index is -0.872. The number of nitrogens with one attached hydrogen (secondary N) is 2. The van der Waals surface area contributed by atoms with Gasteiger partial charge in [-0.15, -0.1) is 0 Å². The van der Waals surface area contributed by atoms with Crippen LogP contribution in [0, 0.1) is 0 Å². The molecule has 0 aliphatic rings. The molecule has 0 amide bonds. The Labute approximate surface area is 162 Å². The number of para-hydroxylation sites is 1. The molecule has 2 unspecified atom stereocenters. The third-order valence-corrected chi connectivity index (χ3v) is 4.25. The molecule has 2 atom stereocenters. The van der Waals surface area contributed by atoms with Crippen LogP contribution >= 0.6 is 15.9 Å². The zero-order chi connectivity index (χ0) is 18.9. The van der Waals surface area contributed by atoms with Crippen molar-refractivity contribution in [1.29, 1.82) is 0 Å². The number of aliphatic hydroxyl groups is 1. The van der Waals surface area contributed by atoms with Gasteiger partial charge < -0.3 is 15.3 Å². The van der Waals surface area contributed by atoms with Crippen LogP contribution in [0.1, 0.15) is 25.0 Å². The maximum atomic E-state index is 12.3. The van der Waals surface area contributed by atoms with Crippen molar-refractivity contribution < 1.29 is 14.6 Å². The summed E-state index contributed by atoms with van der Waals surface area (Å²) in [7, 11) is 0. The number of esters is 1. The van der Waals surface area contributed by atoms with Gasteiger partial charge >= 0.3 is 5.97 Å². The summed E-state index contributed by atoms with van der Waals surface area (Å²) in [5.74, 6) is -0.404. The number of carbonyl (C=O) groups is 1. The van der Waals surface area contributed by atoms with Gasteiger partial charge in [0.1, 0.15) is 6.04 Å². The minimum absolute atomic E-state index is 0.229. The summed E-state index contributed by atoms with van der Waals surface area (Å²) in [5, 5.41) is 10.5. The van der Waals surface area contributed by atoms with Crippen molar-refractivity contribution >= 4 is 27.6 Å². The molecular formula is C20H23BrN2O3. The molecule has 0 aromatic heterocycles. The highest BCUT2D eigenvalue weighted by molar-refractivity contribution is 9.10. The van der Waals surface area contributed by atoms with Crippen LogP contribution in [0.4, 0.5) is 5.69 Å². The van der Waals surface area contributed by atoms with E-state index in [0.717, 1.165) is 10.2 Å². The Bertz CT molecular complexity index is 737. The molecule has 2 aromatic carbocycles. The molecule has 5 nitrogen and oxygen atoms in total. The van der Waals surface area contributed by atoms with Crippen molar-refractivity contribution in [3.05, 3.63) is 76.8 Å². The highest BCUT2D eigenvalue weighted by Crippen LogP contribution is 2.26. The van der Waals surface area contributed by atoms with Gasteiger partial charge in [-0.2, -0.15) is 0 Å². The summed E-state index contributed by atoms with van der Waals surface area (Å²) >= 11 is 3.39. The normalized spacial score (nSPS) is 12.9. The van der Waals surface area contributed by atoms with Gasteiger partial charge in [0.25, 0.3) is 0 Å². The first-order valence-electron chi connectivity index (χ1n) is 8.35. The number of halogens is 1. The van der Waals surface area contributed by atoms with E-state index >= 15 is 0 Å². The van der Waals surface area contributed by atoms with Crippen molar-refractivity contribution in [1.82, 2.24) is 5.43 Å². The number of carbonyl (C=O) groups excluding carboxylic acids is 1. The lowest BCUT2D eigenvalue weighted by atomic mass is 9.97. The molecule has 0 aliphatic carbocycles. The Kier molecular flexibility index (Phi) is 7.84. The summed E-state index contributed by atoms with van der Waals surface area (Å²) < 4.78 is 5.99. The van der Waals surface area contributed by atoms with E-state index in [4.69, 9.17) is 4.74 Å². The van der Waals surface area contributed by atoms with E-state index in [1.165, 1.54) is 0 Å². The fourth-order valence-electron chi connectivity index (χ4n) is 2.41. The van der Waals surface area contributed by atoms with Crippen LogP contribution in [-0.4, -0.2) is 23.7 Å². The van der Waals surface area contributed by atoms with Crippen molar-refractivity contribution in [2.24, 2.45) is 0 Å². The zero-order valence-electron chi connectivity index (χ0n) is 14.6. The van der Waals surface area contributed by atoms with Crippen molar-refractivity contribution in [2.45, 2.75) is 25.5 Å². The monoisotopic (exact) mass is 418 g/mol. The van der Waals surface area contributed by atoms with Gasteiger partial charge in [0.05, 0.1) is 12.7 Å². The van der Waals surface area contributed by atoms with Crippen LogP contribution in [0.3, 0.4) is 0 Å². The molecule has 0 saturated heterocycles. The molecule has 26 heavy (non-hydrogen) atoms. The first-order chi connectivity index (χ1) is 12.5. The van der Waals surface area contributed by atoms with Gasteiger partial charge in [-0.05, 0) is 48.7 Å². The molecule has 0 bridgehead atoms. The molecule has 0 aliphatic heterocycles. The predicted molar refractivity (Wildman–Crippen MR) is 106 cm³/mol. The predicted octanol–water partition coefficient (Wildman–Crippen LogP) is 3.98. The van der Waals surface area contributed by atoms with Gasteiger partial charge in [-0.1, -0.05) is 52.8 Å². The van der Waals surface area contributed by atoms with E-state index < -0.39 is 18.1 Å². The Morgan fingerprint density at radius 2 is 1.96 bits per heavy atom. The van der Waals surface area contributed by atoms with E-state index in [1.807, 2.05) is 54.6 Å². The summed E-state index contributed by atoms with van der Waals surface area (Å²) in [6, 6.07) is 16.1. The average Bonchev–Trinajstić information content (AvgIpc) is 2.65. The molecule has 2 rings (SSSR count). The largest absolute Gasteiger partial charge is 0.465 e. The number of hydrogen-bond acceptors (Lipinski definition) is 5. The standard InChI is InChI=1S/C20H23BrN2O3/c1-3-26-20(25)18(23-22-17-10-5-4-6-11-17)12-14(2)19(24)15-8-7-9-16(21)13-15/h4-11,13,18-19,22-24H,2-3,12H2,1H3. The van der Waals surface area contributed by atoms with Gasteiger partial charge in [-0.25, -0.2) is 5.43 Å². The lowest BCUT2D eigenvalue weighted by Crippen LogP contribution is -2.42. The number of anilines is 1. The highest BCUT2D eigenvalue weighted by atomic mass is 79.9. The lowest BCUT2D eigenvalue weighted by Gasteiger charge is -2.22. The smallest absolute Gasteiger partial charge is 0.325 e. The number of aliphatic hydroxyl groups excluding tert-OH is 1. The van der Waals surface area contributed by atoms with Crippen LogP contribution in [0.2, 0.25) is 0 Å². The van der Waals surface area contributed by atoms with E-state index in [0.29, 0.717) is 11.1 Å². The molecular weight excluding hydrogens is 396 g/mol. The molecule has 0 spiro atoms. The van der Waals surface area contributed by atoms with E-state index in [1.54, 1.807) is 6.92 Å². The maximum absolute atomic E-state index is 12.3.